The Morgan fingerprint density at radius 2 is 2.10 bits per heavy atom. The van der Waals surface area contributed by atoms with Crippen LogP contribution in [0.25, 0.3) is 0 Å². The minimum absolute atomic E-state index is 0.0598. The number of rotatable bonds is 4. The van der Waals surface area contributed by atoms with Crippen molar-refractivity contribution in [2.45, 2.75) is 6.54 Å². The number of benzene rings is 2. The Bertz CT molecular complexity index is 647. The van der Waals surface area contributed by atoms with Crippen molar-refractivity contribution in [1.82, 2.24) is 5.32 Å². The van der Waals surface area contributed by atoms with Gasteiger partial charge in [0.2, 0.25) is 0 Å². The Kier molecular flexibility index (Phi) is 4.90. The van der Waals surface area contributed by atoms with E-state index >= 15 is 0 Å². The number of aromatic hydroxyl groups is 1. The molecule has 0 spiro atoms. The summed E-state index contributed by atoms with van der Waals surface area (Å²) in [6.45, 7) is 0.309. The summed E-state index contributed by atoms with van der Waals surface area (Å²) in [6.07, 6.45) is 0. The van der Waals surface area contributed by atoms with Crippen LogP contribution in [-0.4, -0.2) is 18.2 Å². The van der Waals surface area contributed by atoms with E-state index < -0.39 is 0 Å². The molecule has 21 heavy (non-hydrogen) atoms. The number of amides is 2. The molecule has 0 fully saturated rings. The van der Waals surface area contributed by atoms with Crippen molar-refractivity contribution in [2.75, 3.05) is 12.4 Å². The second-order valence-corrected chi connectivity index (χ2v) is 4.76. The molecule has 2 aromatic carbocycles. The third kappa shape index (κ3) is 4.29. The number of hydrogen-bond acceptors (Lipinski definition) is 3. The van der Waals surface area contributed by atoms with Crippen molar-refractivity contribution in [1.29, 1.82) is 0 Å². The zero-order chi connectivity index (χ0) is 15.2. The fraction of sp³-hybridized carbons (Fsp3) is 0.133. The maximum absolute atomic E-state index is 11.8. The van der Waals surface area contributed by atoms with Gasteiger partial charge in [-0.3, -0.25) is 0 Å². The summed E-state index contributed by atoms with van der Waals surface area (Å²) in [5, 5.41) is 15.4. The number of urea groups is 1. The van der Waals surface area contributed by atoms with Gasteiger partial charge in [0.1, 0.15) is 0 Å². The minimum atomic E-state index is -0.343. The van der Waals surface area contributed by atoms with Crippen molar-refractivity contribution in [3.63, 3.8) is 0 Å². The number of nitrogens with one attached hydrogen (secondary N) is 2. The molecule has 0 aliphatic rings. The number of phenolic OH excluding ortho intramolecular Hbond substituents is 1. The maximum atomic E-state index is 11.8. The zero-order valence-electron chi connectivity index (χ0n) is 11.4. The summed E-state index contributed by atoms with van der Waals surface area (Å²) >= 11 is 5.84. The molecule has 0 atom stereocenters. The van der Waals surface area contributed by atoms with Gasteiger partial charge in [0.05, 0.1) is 7.11 Å². The highest BCUT2D eigenvalue weighted by Gasteiger charge is 2.05. The van der Waals surface area contributed by atoms with Crippen LogP contribution in [0.2, 0.25) is 5.02 Å². The van der Waals surface area contributed by atoms with Crippen LogP contribution in [0.15, 0.2) is 42.5 Å². The van der Waals surface area contributed by atoms with E-state index in [2.05, 4.69) is 10.6 Å². The first kappa shape index (κ1) is 15.0. The number of carbonyl (C=O) groups is 1. The third-order valence-electron chi connectivity index (χ3n) is 2.78. The minimum Gasteiger partial charge on any atom is -0.504 e. The molecule has 2 aromatic rings. The van der Waals surface area contributed by atoms with Gasteiger partial charge in [0.15, 0.2) is 11.5 Å². The molecule has 0 unspecified atom stereocenters. The second kappa shape index (κ2) is 6.85. The van der Waals surface area contributed by atoms with Crippen LogP contribution in [0.3, 0.4) is 0 Å². The number of anilines is 1. The normalized spacial score (nSPS) is 10.0. The highest BCUT2D eigenvalue weighted by Crippen LogP contribution is 2.26. The number of halogens is 1. The summed E-state index contributed by atoms with van der Waals surface area (Å²) in [4.78, 5) is 11.8. The van der Waals surface area contributed by atoms with E-state index in [0.29, 0.717) is 23.0 Å². The molecule has 0 aliphatic heterocycles. The number of ether oxygens (including phenoxy) is 1. The molecule has 0 bridgehead atoms. The van der Waals surface area contributed by atoms with Gasteiger partial charge in [-0.1, -0.05) is 23.7 Å². The molecular weight excluding hydrogens is 292 g/mol. The van der Waals surface area contributed by atoms with Gasteiger partial charge in [-0.2, -0.15) is 0 Å². The first-order valence-corrected chi connectivity index (χ1v) is 6.62. The Labute approximate surface area is 127 Å². The lowest BCUT2D eigenvalue weighted by Gasteiger charge is -2.09. The Balaban J connectivity index is 1.92. The van der Waals surface area contributed by atoms with E-state index in [1.54, 1.807) is 36.4 Å². The van der Waals surface area contributed by atoms with E-state index in [1.165, 1.54) is 13.2 Å². The SMILES string of the molecule is COc1cc(CNC(=O)Nc2cccc(Cl)c2)ccc1O. The lowest BCUT2D eigenvalue weighted by atomic mass is 10.2. The lowest BCUT2D eigenvalue weighted by Crippen LogP contribution is -2.28. The van der Waals surface area contributed by atoms with Gasteiger partial charge in [-0.15, -0.1) is 0 Å². The van der Waals surface area contributed by atoms with Crippen LogP contribution in [0, 0.1) is 0 Å². The topological polar surface area (TPSA) is 70.6 Å². The molecule has 0 aromatic heterocycles. The van der Waals surface area contributed by atoms with Gasteiger partial charge in [0.25, 0.3) is 0 Å². The fourth-order valence-electron chi connectivity index (χ4n) is 1.76. The van der Waals surface area contributed by atoms with E-state index in [9.17, 15) is 9.90 Å². The van der Waals surface area contributed by atoms with Gasteiger partial charge in [-0.05, 0) is 35.9 Å². The molecule has 0 saturated heterocycles. The largest absolute Gasteiger partial charge is 0.504 e. The number of hydrogen-bond donors (Lipinski definition) is 3. The smallest absolute Gasteiger partial charge is 0.319 e. The van der Waals surface area contributed by atoms with Gasteiger partial charge >= 0.3 is 6.03 Å². The molecule has 5 nitrogen and oxygen atoms in total. The first-order chi connectivity index (χ1) is 10.1. The molecule has 6 heteroatoms. The molecule has 0 radical (unpaired) electrons. The average Bonchev–Trinajstić information content (AvgIpc) is 2.46. The van der Waals surface area contributed by atoms with Crippen LogP contribution in [0.1, 0.15) is 5.56 Å². The summed E-state index contributed by atoms with van der Waals surface area (Å²) in [5.41, 5.74) is 1.43. The van der Waals surface area contributed by atoms with Crippen LogP contribution < -0.4 is 15.4 Å². The van der Waals surface area contributed by atoms with Crippen LogP contribution in [0.4, 0.5) is 10.5 Å². The van der Waals surface area contributed by atoms with E-state index in [0.717, 1.165) is 5.56 Å². The molecule has 2 amide bonds. The first-order valence-electron chi connectivity index (χ1n) is 6.25. The molecule has 3 N–H and O–H groups in total. The van der Waals surface area contributed by atoms with Crippen molar-refractivity contribution >= 4 is 23.3 Å². The molecular formula is C15H15ClN2O3. The van der Waals surface area contributed by atoms with Crippen molar-refractivity contribution in [3.05, 3.63) is 53.1 Å². The van der Waals surface area contributed by atoms with Gasteiger partial charge in [-0.25, -0.2) is 4.79 Å². The highest BCUT2D eigenvalue weighted by molar-refractivity contribution is 6.30. The highest BCUT2D eigenvalue weighted by atomic mass is 35.5. The average molecular weight is 307 g/mol. The van der Waals surface area contributed by atoms with Crippen molar-refractivity contribution in [2.24, 2.45) is 0 Å². The quantitative estimate of drug-likeness (QED) is 0.811. The number of carbonyl (C=O) groups excluding carboxylic acids is 1. The summed E-state index contributed by atoms with van der Waals surface area (Å²) < 4.78 is 5.01. The van der Waals surface area contributed by atoms with Crippen LogP contribution in [-0.2, 0) is 6.54 Å². The molecule has 0 aliphatic carbocycles. The maximum Gasteiger partial charge on any atom is 0.319 e. The summed E-state index contributed by atoms with van der Waals surface area (Å²) in [5.74, 6) is 0.425. The summed E-state index contributed by atoms with van der Waals surface area (Å²) in [7, 11) is 1.47. The van der Waals surface area contributed by atoms with Gasteiger partial charge < -0.3 is 20.5 Å². The molecule has 2 rings (SSSR count). The zero-order valence-corrected chi connectivity index (χ0v) is 12.1. The lowest BCUT2D eigenvalue weighted by molar-refractivity contribution is 0.251. The Morgan fingerprint density at radius 1 is 1.29 bits per heavy atom. The van der Waals surface area contributed by atoms with Crippen molar-refractivity contribution < 1.29 is 14.6 Å². The van der Waals surface area contributed by atoms with Crippen LogP contribution >= 0.6 is 11.6 Å². The van der Waals surface area contributed by atoms with Gasteiger partial charge in [0, 0.05) is 17.3 Å². The fourth-order valence-corrected chi connectivity index (χ4v) is 1.95. The number of methoxy groups -OCH3 is 1. The molecule has 0 heterocycles. The monoisotopic (exact) mass is 306 g/mol. The third-order valence-corrected chi connectivity index (χ3v) is 3.01. The number of phenols is 1. The van der Waals surface area contributed by atoms with Crippen molar-refractivity contribution in [3.8, 4) is 11.5 Å². The second-order valence-electron chi connectivity index (χ2n) is 4.32. The summed E-state index contributed by atoms with van der Waals surface area (Å²) in [6, 6.07) is 11.4. The standard InChI is InChI=1S/C15H15ClN2O3/c1-21-14-7-10(5-6-13(14)19)9-17-15(20)18-12-4-2-3-11(16)8-12/h2-8,19H,9H2,1H3,(H2,17,18,20). The Morgan fingerprint density at radius 3 is 2.81 bits per heavy atom. The molecule has 0 saturated carbocycles. The van der Waals surface area contributed by atoms with Crippen LogP contribution in [0.5, 0.6) is 11.5 Å². The van der Waals surface area contributed by atoms with E-state index in [-0.39, 0.29) is 11.8 Å². The molecule has 110 valence electrons. The Hall–Kier alpha value is -2.40. The predicted octanol–water partition coefficient (Wildman–Crippen LogP) is 3.38. The predicted molar refractivity (Wildman–Crippen MR) is 82.0 cm³/mol. The van der Waals surface area contributed by atoms with E-state index in [4.69, 9.17) is 16.3 Å². The van der Waals surface area contributed by atoms with E-state index in [1.807, 2.05) is 0 Å².